The summed E-state index contributed by atoms with van der Waals surface area (Å²) in [5.74, 6) is 0.874. The molecule has 1 aliphatic rings. The average molecular weight is 240 g/mol. The van der Waals surface area contributed by atoms with Crippen LogP contribution in [0.2, 0.25) is 0 Å². The SMILES string of the molecule is CNC1CCC(C)CC1N(C)C(C)C(C)(C)C. The molecule has 0 heterocycles. The van der Waals surface area contributed by atoms with Crippen LogP contribution in [-0.2, 0) is 0 Å². The molecule has 4 atom stereocenters. The lowest BCUT2D eigenvalue weighted by molar-refractivity contribution is 0.0488. The van der Waals surface area contributed by atoms with Crippen molar-refractivity contribution < 1.29 is 0 Å². The van der Waals surface area contributed by atoms with E-state index in [0.717, 1.165) is 5.92 Å². The standard InChI is InChI=1S/C15H32N2/c1-11-8-9-13(16-6)14(10-11)17(7)12(2)15(3,4)5/h11-14,16H,8-10H2,1-7H3. The van der Waals surface area contributed by atoms with Crippen molar-refractivity contribution in [3.63, 3.8) is 0 Å². The Bertz CT molecular complexity index is 232. The van der Waals surface area contributed by atoms with Crippen LogP contribution in [-0.4, -0.2) is 37.1 Å². The molecule has 0 bridgehead atoms. The zero-order chi connectivity index (χ0) is 13.2. The van der Waals surface area contributed by atoms with Gasteiger partial charge in [0.2, 0.25) is 0 Å². The molecule has 1 N–H and O–H groups in total. The van der Waals surface area contributed by atoms with Crippen molar-refractivity contribution in [2.24, 2.45) is 11.3 Å². The fourth-order valence-corrected chi connectivity index (χ4v) is 3.04. The van der Waals surface area contributed by atoms with Crippen LogP contribution in [0.3, 0.4) is 0 Å². The van der Waals surface area contributed by atoms with Crippen molar-refractivity contribution in [2.75, 3.05) is 14.1 Å². The fraction of sp³-hybridized carbons (Fsp3) is 1.00. The third kappa shape index (κ3) is 3.69. The number of hydrogen-bond donors (Lipinski definition) is 1. The summed E-state index contributed by atoms with van der Waals surface area (Å²) in [6.07, 6.45) is 4.03. The van der Waals surface area contributed by atoms with Crippen molar-refractivity contribution in [1.82, 2.24) is 10.2 Å². The molecule has 0 aliphatic heterocycles. The molecule has 1 aliphatic carbocycles. The Kier molecular flexibility index (Phi) is 5.03. The van der Waals surface area contributed by atoms with Gasteiger partial charge < -0.3 is 5.32 Å². The second-order valence-electron chi connectivity index (χ2n) is 7.09. The van der Waals surface area contributed by atoms with Crippen LogP contribution in [0.15, 0.2) is 0 Å². The molecule has 0 spiro atoms. The van der Waals surface area contributed by atoms with Gasteiger partial charge in [-0.3, -0.25) is 4.90 Å². The number of nitrogens with one attached hydrogen (secondary N) is 1. The van der Waals surface area contributed by atoms with E-state index < -0.39 is 0 Å². The van der Waals surface area contributed by atoms with E-state index in [2.05, 4.69) is 58.9 Å². The Labute approximate surface area is 108 Å². The lowest BCUT2D eigenvalue weighted by atomic mass is 9.79. The van der Waals surface area contributed by atoms with Crippen LogP contribution < -0.4 is 5.32 Å². The van der Waals surface area contributed by atoms with Crippen LogP contribution in [0, 0.1) is 11.3 Å². The normalized spacial score (nSPS) is 32.8. The Morgan fingerprint density at radius 3 is 2.29 bits per heavy atom. The van der Waals surface area contributed by atoms with Gasteiger partial charge in [-0.15, -0.1) is 0 Å². The van der Waals surface area contributed by atoms with Crippen molar-refractivity contribution in [3.05, 3.63) is 0 Å². The lowest BCUT2D eigenvalue weighted by Gasteiger charge is -2.46. The van der Waals surface area contributed by atoms with E-state index in [0.29, 0.717) is 23.5 Å². The predicted molar refractivity (Wildman–Crippen MR) is 76.3 cm³/mol. The maximum atomic E-state index is 3.52. The molecular weight excluding hydrogens is 208 g/mol. The first-order valence-corrected chi connectivity index (χ1v) is 7.16. The Morgan fingerprint density at radius 1 is 1.24 bits per heavy atom. The topological polar surface area (TPSA) is 15.3 Å². The first-order valence-electron chi connectivity index (χ1n) is 7.16. The second-order valence-corrected chi connectivity index (χ2v) is 7.09. The highest BCUT2D eigenvalue weighted by Gasteiger charge is 2.35. The van der Waals surface area contributed by atoms with Crippen LogP contribution in [0.1, 0.15) is 53.9 Å². The van der Waals surface area contributed by atoms with E-state index in [4.69, 9.17) is 0 Å². The van der Waals surface area contributed by atoms with Crippen molar-refractivity contribution in [1.29, 1.82) is 0 Å². The van der Waals surface area contributed by atoms with Gasteiger partial charge in [0.1, 0.15) is 0 Å². The highest BCUT2D eigenvalue weighted by atomic mass is 15.2. The summed E-state index contributed by atoms with van der Waals surface area (Å²) in [7, 11) is 4.42. The van der Waals surface area contributed by atoms with Crippen LogP contribution in [0.4, 0.5) is 0 Å². The molecule has 0 aromatic carbocycles. The zero-order valence-electron chi connectivity index (χ0n) is 12.9. The average Bonchev–Trinajstić information content (AvgIpc) is 2.25. The quantitative estimate of drug-likeness (QED) is 0.815. The Morgan fingerprint density at radius 2 is 1.82 bits per heavy atom. The number of hydrogen-bond acceptors (Lipinski definition) is 2. The monoisotopic (exact) mass is 240 g/mol. The van der Waals surface area contributed by atoms with Gasteiger partial charge in [-0.05, 0) is 51.6 Å². The third-order valence-electron chi connectivity index (χ3n) is 4.84. The smallest absolute Gasteiger partial charge is 0.0251 e. The van der Waals surface area contributed by atoms with Crippen molar-refractivity contribution in [3.8, 4) is 0 Å². The van der Waals surface area contributed by atoms with E-state index in [1.165, 1.54) is 19.3 Å². The summed E-state index contributed by atoms with van der Waals surface area (Å²) in [5.41, 5.74) is 0.355. The minimum atomic E-state index is 0.355. The first kappa shape index (κ1) is 15.0. The van der Waals surface area contributed by atoms with Gasteiger partial charge in [-0.2, -0.15) is 0 Å². The number of likely N-dealkylation sites (N-methyl/N-ethyl adjacent to an activating group) is 2. The van der Waals surface area contributed by atoms with Crippen molar-refractivity contribution >= 4 is 0 Å². The minimum absolute atomic E-state index is 0.355. The summed E-state index contributed by atoms with van der Waals surface area (Å²) < 4.78 is 0. The minimum Gasteiger partial charge on any atom is -0.315 e. The van der Waals surface area contributed by atoms with Gasteiger partial charge in [0.05, 0.1) is 0 Å². The lowest BCUT2D eigenvalue weighted by Crippen LogP contribution is -2.55. The maximum absolute atomic E-state index is 3.52. The van der Waals surface area contributed by atoms with Gasteiger partial charge in [0.15, 0.2) is 0 Å². The zero-order valence-corrected chi connectivity index (χ0v) is 12.9. The molecule has 0 amide bonds. The molecule has 0 radical (unpaired) electrons. The first-order chi connectivity index (χ1) is 7.77. The van der Waals surface area contributed by atoms with E-state index in [9.17, 15) is 0 Å². The molecule has 4 unspecified atom stereocenters. The summed E-state index contributed by atoms with van der Waals surface area (Å²) in [6, 6.07) is 1.98. The van der Waals surface area contributed by atoms with E-state index in [-0.39, 0.29) is 0 Å². The molecule has 102 valence electrons. The third-order valence-corrected chi connectivity index (χ3v) is 4.84. The van der Waals surface area contributed by atoms with Crippen LogP contribution in [0.5, 0.6) is 0 Å². The van der Waals surface area contributed by atoms with Gasteiger partial charge in [0, 0.05) is 18.1 Å². The van der Waals surface area contributed by atoms with Crippen LogP contribution >= 0.6 is 0 Å². The molecular formula is C15H32N2. The van der Waals surface area contributed by atoms with Crippen LogP contribution in [0.25, 0.3) is 0 Å². The number of nitrogens with zero attached hydrogens (tertiary/aromatic N) is 1. The molecule has 2 heteroatoms. The number of rotatable bonds is 3. The predicted octanol–water partition coefficient (Wildman–Crippen LogP) is 3.13. The summed E-state index contributed by atoms with van der Waals surface area (Å²) in [4.78, 5) is 2.61. The molecule has 2 nitrogen and oxygen atoms in total. The van der Waals surface area contributed by atoms with E-state index in [1.807, 2.05) is 0 Å². The van der Waals surface area contributed by atoms with E-state index >= 15 is 0 Å². The molecule has 1 rings (SSSR count). The highest BCUT2D eigenvalue weighted by molar-refractivity contribution is 4.92. The largest absolute Gasteiger partial charge is 0.315 e. The molecule has 1 fully saturated rings. The molecule has 0 saturated heterocycles. The Balaban J connectivity index is 2.73. The fourth-order valence-electron chi connectivity index (χ4n) is 3.04. The Hall–Kier alpha value is -0.0800. The van der Waals surface area contributed by atoms with Gasteiger partial charge in [-0.25, -0.2) is 0 Å². The molecule has 0 aromatic heterocycles. The highest BCUT2D eigenvalue weighted by Crippen LogP contribution is 2.32. The molecule has 0 aromatic rings. The van der Waals surface area contributed by atoms with Gasteiger partial charge >= 0.3 is 0 Å². The molecule has 1 saturated carbocycles. The maximum Gasteiger partial charge on any atom is 0.0251 e. The molecule has 17 heavy (non-hydrogen) atoms. The van der Waals surface area contributed by atoms with Gasteiger partial charge in [0.25, 0.3) is 0 Å². The van der Waals surface area contributed by atoms with Crippen molar-refractivity contribution in [2.45, 2.75) is 72.0 Å². The summed E-state index contributed by atoms with van der Waals surface area (Å²) in [6.45, 7) is 11.8. The summed E-state index contributed by atoms with van der Waals surface area (Å²) in [5, 5.41) is 3.52. The second kappa shape index (κ2) is 5.71. The van der Waals surface area contributed by atoms with E-state index in [1.54, 1.807) is 0 Å². The van der Waals surface area contributed by atoms with Gasteiger partial charge in [-0.1, -0.05) is 27.7 Å². The summed E-state index contributed by atoms with van der Waals surface area (Å²) >= 11 is 0.